The van der Waals surface area contributed by atoms with E-state index in [4.69, 9.17) is 5.73 Å². The highest BCUT2D eigenvalue weighted by molar-refractivity contribution is 5.14. The third-order valence-corrected chi connectivity index (χ3v) is 3.18. The van der Waals surface area contributed by atoms with Crippen LogP contribution in [0, 0.1) is 5.92 Å². The van der Waals surface area contributed by atoms with Crippen molar-refractivity contribution >= 4 is 0 Å². The number of rotatable bonds is 9. The number of hydrogen-bond donors (Lipinski definition) is 1. The Hall–Kier alpha value is -0.860. The van der Waals surface area contributed by atoms with Gasteiger partial charge in [-0.15, -0.1) is 0 Å². The molecule has 0 aliphatic rings. The van der Waals surface area contributed by atoms with Gasteiger partial charge in [-0.2, -0.15) is 0 Å². The lowest BCUT2D eigenvalue weighted by molar-refractivity contribution is 0.253. The Bertz CT molecular complexity index is 295. The molecule has 0 amide bonds. The van der Waals surface area contributed by atoms with Gasteiger partial charge in [0.25, 0.3) is 0 Å². The van der Waals surface area contributed by atoms with Crippen LogP contribution in [0.5, 0.6) is 0 Å². The molecule has 0 atom stereocenters. The molecule has 2 N–H and O–H groups in total. The Morgan fingerprint density at radius 2 is 1.72 bits per heavy atom. The molecule has 18 heavy (non-hydrogen) atoms. The summed E-state index contributed by atoms with van der Waals surface area (Å²) in [7, 11) is 0. The molecule has 0 heterocycles. The van der Waals surface area contributed by atoms with Crippen molar-refractivity contribution in [3.05, 3.63) is 35.9 Å². The van der Waals surface area contributed by atoms with E-state index in [1.54, 1.807) is 0 Å². The number of nitrogens with zero attached hydrogens (tertiary/aromatic N) is 1. The fourth-order valence-electron chi connectivity index (χ4n) is 2.15. The van der Waals surface area contributed by atoms with Crippen LogP contribution in [0.15, 0.2) is 30.3 Å². The fraction of sp³-hybridized carbons (Fsp3) is 0.625. The number of hydrogen-bond acceptors (Lipinski definition) is 2. The molecule has 0 fully saturated rings. The topological polar surface area (TPSA) is 29.3 Å². The normalized spacial score (nSPS) is 11.4. The average Bonchev–Trinajstić information content (AvgIpc) is 2.36. The summed E-state index contributed by atoms with van der Waals surface area (Å²) >= 11 is 0. The predicted octanol–water partition coefficient (Wildman–Crippen LogP) is 3.27. The van der Waals surface area contributed by atoms with Crippen molar-refractivity contribution in [1.29, 1.82) is 0 Å². The van der Waals surface area contributed by atoms with E-state index in [2.05, 4.69) is 49.1 Å². The van der Waals surface area contributed by atoms with Crippen molar-refractivity contribution in [3.63, 3.8) is 0 Å². The summed E-state index contributed by atoms with van der Waals surface area (Å²) in [6.07, 6.45) is 3.69. The summed E-state index contributed by atoms with van der Waals surface area (Å²) in [6.45, 7) is 8.73. The lowest BCUT2D eigenvalue weighted by Crippen LogP contribution is -2.27. The van der Waals surface area contributed by atoms with Crippen LogP contribution >= 0.6 is 0 Å². The minimum atomic E-state index is 0.787. The molecule has 0 radical (unpaired) electrons. The first-order chi connectivity index (χ1) is 8.72. The molecule has 0 saturated carbocycles. The minimum Gasteiger partial charge on any atom is -0.330 e. The highest BCUT2D eigenvalue weighted by Gasteiger charge is 2.05. The van der Waals surface area contributed by atoms with Crippen LogP contribution in [0.4, 0.5) is 0 Å². The molecule has 2 heteroatoms. The van der Waals surface area contributed by atoms with E-state index in [1.165, 1.54) is 24.9 Å². The molecule has 0 spiro atoms. The van der Waals surface area contributed by atoms with Crippen LogP contribution < -0.4 is 5.73 Å². The summed E-state index contributed by atoms with van der Waals surface area (Å²) in [6, 6.07) is 10.7. The Kier molecular flexibility index (Phi) is 7.70. The largest absolute Gasteiger partial charge is 0.330 e. The van der Waals surface area contributed by atoms with Gasteiger partial charge in [-0.1, -0.05) is 44.2 Å². The van der Waals surface area contributed by atoms with Crippen LogP contribution in [-0.2, 0) is 6.54 Å². The summed E-state index contributed by atoms with van der Waals surface area (Å²) < 4.78 is 0. The van der Waals surface area contributed by atoms with E-state index in [9.17, 15) is 0 Å². The van der Waals surface area contributed by atoms with E-state index in [0.29, 0.717) is 0 Å². The van der Waals surface area contributed by atoms with Crippen molar-refractivity contribution in [2.24, 2.45) is 11.7 Å². The van der Waals surface area contributed by atoms with Gasteiger partial charge in [0.2, 0.25) is 0 Å². The maximum Gasteiger partial charge on any atom is 0.0233 e. The predicted molar refractivity (Wildman–Crippen MR) is 79.5 cm³/mol. The quantitative estimate of drug-likeness (QED) is 0.726. The van der Waals surface area contributed by atoms with Gasteiger partial charge < -0.3 is 5.73 Å². The molecule has 1 rings (SSSR count). The van der Waals surface area contributed by atoms with E-state index < -0.39 is 0 Å². The van der Waals surface area contributed by atoms with Gasteiger partial charge >= 0.3 is 0 Å². The van der Waals surface area contributed by atoms with Gasteiger partial charge in [0.15, 0.2) is 0 Å². The third-order valence-electron chi connectivity index (χ3n) is 3.18. The standard InChI is InChI=1S/C16H28N2/c1-15(2)8-6-12-18(13-7-11-17)14-16-9-4-3-5-10-16/h3-5,9-10,15H,6-8,11-14,17H2,1-2H3. The molecule has 1 aromatic rings. The second-order valence-corrected chi connectivity index (χ2v) is 5.44. The fourth-order valence-corrected chi connectivity index (χ4v) is 2.15. The highest BCUT2D eigenvalue weighted by Crippen LogP contribution is 2.09. The van der Waals surface area contributed by atoms with Crippen LogP contribution in [-0.4, -0.2) is 24.5 Å². The Labute approximate surface area is 112 Å². The van der Waals surface area contributed by atoms with Crippen molar-refractivity contribution in [1.82, 2.24) is 4.90 Å². The molecule has 0 saturated heterocycles. The van der Waals surface area contributed by atoms with Gasteiger partial charge in [-0.25, -0.2) is 0 Å². The van der Waals surface area contributed by atoms with E-state index >= 15 is 0 Å². The second-order valence-electron chi connectivity index (χ2n) is 5.44. The lowest BCUT2D eigenvalue weighted by atomic mass is 10.1. The van der Waals surface area contributed by atoms with Crippen molar-refractivity contribution in [2.45, 2.75) is 39.7 Å². The molecule has 2 nitrogen and oxygen atoms in total. The van der Waals surface area contributed by atoms with Gasteiger partial charge in [0.05, 0.1) is 0 Å². The maximum atomic E-state index is 5.62. The minimum absolute atomic E-state index is 0.787. The van der Waals surface area contributed by atoms with Crippen LogP contribution in [0.25, 0.3) is 0 Å². The monoisotopic (exact) mass is 248 g/mol. The van der Waals surface area contributed by atoms with Crippen LogP contribution in [0.3, 0.4) is 0 Å². The van der Waals surface area contributed by atoms with E-state index in [1.807, 2.05) is 0 Å². The molecule has 0 aliphatic carbocycles. The summed E-state index contributed by atoms with van der Waals surface area (Å²) in [5, 5.41) is 0. The molecule has 0 aromatic heterocycles. The average molecular weight is 248 g/mol. The lowest BCUT2D eigenvalue weighted by Gasteiger charge is -2.22. The number of nitrogens with two attached hydrogens (primary N) is 1. The maximum absolute atomic E-state index is 5.62. The summed E-state index contributed by atoms with van der Waals surface area (Å²) in [5.41, 5.74) is 7.02. The van der Waals surface area contributed by atoms with Crippen molar-refractivity contribution < 1.29 is 0 Å². The molecule has 102 valence electrons. The van der Waals surface area contributed by atoms with Crippen molar-refractivity contribution in [3.8, 4) is 0 Å². The van der Waals surface area contributed by atoms with E-state index in [-0.39, 0.29) is 0 Å². The highest BCUT2D eigenvalue weighted by atomic mass is 15.1. The molecule has 0 bridgehead atoms. The second kappa shape index (κ2) is 9.12. The third kappa shape index (κ3) is 6.77. The van der Waals surface area contributed by atoms with Gasteiger partial charge in [0.1, 0.15) is 0 Å². The van der Waals surface area contributed by atoms with E-state index in [0.717, 1.165) is 32.0 Å². The smallest absolute Gasteiger partial charge is 0.0233 e. The van der Waals surface area contributed by atoms with Crippen molar-refractivity contribution in [2.75, 3.05) is 19.6 Å². The van der Waals surface area contributed by atoms with Gasteiger partial charge in [-0.3, -0.25) is 4.90 Å². The van der Waals surface area contributed by atoms with Crippen LogP contribution in [0.1, 0.15) is 38.7 Å². The van der Waals surface area contributed by atoms with Crippen LogP contribution in [0.2, 0.25) is 0 Å². The first kappa shape index (κ1) is 15.2. The summed E-state index contributed by atoms with van der Waals surface area (Å²) in [5.74, 6) is 0.804. The molecular formula is C16H28N2. The van der Waals surface area contributed by atoms with Gasteiger partial charge in [-0.05, 0) is 50.4 Å². The summed E-state index contributed by atoms with van der Waals surface area (Å²) in [4.78, 5) is 2.53. The zero-order chi connectivity index (χ0) is 13.2. The SMILES string of the molecule is CC(C)CCCN(CCCN)Cc1ccccc1. The van der Waals surface area contributed by atoms with Gasteiger partial charge in [0, 0.05) is 6.54 Å². The molecule has 1 aromatic carbocycles. The Morgan fingerprint density at radius 1 is 1.06 bits per heavy atom. The molecule has 0 aliphatic heterocycles. The first-order valence-electron chi connectivity index (χ1n) is 7.18. The number of benzene rings is 1. The zero-order valence-corrected chi connectivity index (χ0v) is 11.9. The Morgan fingerprint density at radius 3 is 2.33 bits per heavy atom. The first-order valence-corrected chi connectivity index (χ1v) is 7.18. The zero-order valence-electron chi connectivity index (χ0n) is 11.9. The molecular weight excluding hydrogens is 220 g/mol. The molecule has 0 unspecified atom stereocenters. The Balaban J connectivity index is 2.39.